The van der Waals surface area contributed by atoms with Crippen molar-refractivity contribution < 1.29 is 5.11 Å². The number of aliphatic hydroxyl groups excluding tert-OH is 1. The predicted molar refractivity (Wildman–Crippen MR) is 45.3 cm³/mol. The van der Waals surface area contributed by atoms with Gasteiger partial charge in [0.2, 0.25) is 0 Å². The van der Waals surface area contributed by atoms with E-state index in [0.29, 0.717) is 0 Å². The van der Waals surface area contributed by atoms with Crippen LogP contribution in [0.1, 0.15) is 0 Å². The largest absolute Gasteiger partial charge is 0.381 e. The highest BCUT2D eigenvalue weighted by molar-refractivity contribution is 4.77. The molecule has 64 valence electrons. The van der Waals surface area contributed by atoms with Crippen LogP contribution in [0.5, 0.6) is 0 Å². The summed E-state index contributed by atoms with van der Waals surface area (Å²) in [6, 6.07) is 0. The molecular weight excluding hydrogens is 140 g/mol. The summed E-state index contributed by atoms with van der Waals surface area (Å²) in [5.74, 6) is 0. The third kappa shape index (κ3) is 2.61. The monoisotopic (exact) mass is 156 g/mol. The Labute approximate surface area is 67.9 Å². The molecule has 1 rings (SSSR count). The molecule has 0 saturated carbocycles. The molecule has 0 spiro atoms. The minimum absolute atomic E-state index is 0.196. The van der Waals surface area contributed by atoms with E-state index >= 15 is 0 Å². The van der Waals surface area contributed by atoms with E-state index in [4.69, 9.17) is 5.11 Å². The van der Waals surface area contributed by atoms with Crippen molar-refractivity contribution >= 4 is 0 Å². The van der Waals surface area contributed by atoms with Gasteiger partial charge in [0.15, 0.2) is 0 Å². The number of nitrogens with zero attached hydrogens (tertiary/aromatic N) is 2. The molecular formula is C8H16N2O. The molecule has 1 saturated heterocycles. The number of hydrogen-bond acceptors (Lipinski definition) is 3. The zero-order valence-corrected chi connectivity index (χ0v) is 6.87. The Morgan fingerprint density at radius 3 is 2.18 bits per heavy atom. The van der Waals surface area contributed by atoms with Crippen molar-refractivity contribution in [2.45, 2.75) is 0 Å². The smallest absolute Gasteiger partial charge is 0.0957 e. The molecule has 0 aliphatic carbocycles. The van der Waals surface area contributed by atoms with Gasteiger partial charge in [-0.2, -0.15) is 0 Å². The lowest BCUT2D eigenvalue weighted by Crippen LogP contribution is -2.46. The van der Waals surface area contributed by atoms with Gasteiger partial charge in [-0.25, -0.2) is 0 Å². The minimum Gasteiger partial charge on any atom is -0.381 e. The minimum atomic E-state index is 0.196. The summed E-state index contributed by atoms with van der Waals surface area (Å²) >= 11 is 0. The van der Waals surface area contributed by atoms with Crippen LogP contribution in [0.4, 0.5) is 0 Å². The summed E-state index contributed by atoms with van der Waals surface area (Å²) in [6.45, 7) is 8.91. The maximum absolute atomic E-state index is 8.79. The molecule has 3 nitrogen and oxygen atoms in total. The number of piperazine rings is 1. The number of hydrogen-bond donors (Lipinski definition) is 1. The Kier molecular flexibility index (Phi) is 3.56. The van der Waals surface area contributed by atoms with E-state index in [9.17, 15) is 0 Å². The van der Waals surface area contributed by atoms with Gasteiger partial charge in [-0.05, 0) is 0 Å². The number of aliphatic hydroxyl groups is 1. The third-order valence-corrected chi connectivity index (χ3v) is 2.05. The van der Waals surface area contributed by atoms with Crippen LogP contribution >= 0.6 is 0 Å². The standard InChI is InChI=1S/C8H16N2O/c1-2-3-9-4-6-10(8-11)7-5-9/h2,11H,1,3-8H2. The van der Waals surface area contributed by atoms with Crippen molar-refractivity contribution in [1.82, 2.24) is 9.80 Å². The molecule has 0 aromatic rings. The molecule has 0 unspecified atom stereocenters. The summed E-state index contributed by atoms with van der Waals surface area (Å²) in [7, 11) is 0. The Morgan fingerprint density at radius 1 is 1.18 bits per heavy atom. The van der Waals surface area contributed by atoms with Crippen LogP contribution in [0.2, 0.25) is 0 Å². The zero-order chi connectivity index (χ0) is 8.10. The van der Waals surface area contributed by atoms with Crippen molar-refractivity contribution in [3.63, 3.8) is 0 Å². The highest BCUT2D eigenvalue weighted by Crippen LogP contribution is 1.99. The Bertz CT molecular complexity index is 119. The summed E-state index contributed by atoms with van der Waals surface area (Å²) < 4.78 is 0. The lowest BCUT2D eigenvalue weighted by molar-refractivity contribution is 0.0584. The fourth-order valence-corrected chi connectivity index (χ4v) is 1.30. The predicted octanol–water partition coefficient (Wildman–Crippen LogP) is -0.260. The maximum atomic E-state index is 8.79. The molecule has 0 bridgehead atoms. The highest BCUT2D eigenvalue weighted by Gasteiger charge is 2.13. The molecule has 1 aliphatic heterocycles. The summed E-state index contributed by atoms with van der Waals surface area (Å²) in [4.78, 5) is 4.37. The lowest BCUT2D eigenvalue weighted by atomic mass is 10.3. The van der Waals surface area contributed by atoms with E-state index in [1.807, 2.05) is 11.0 Å². The van der Waals surface area contributed by atoms with E-state index < -0.39 is 0 Å². The van der Waals surface area contributed by atoms with Gasteiger partial charge in [0.05, 0.1) is 6.73 Å². The van der Waals surface area contributed by atoms with E-state index in [1.165, 1.54) is 0 Å². The van der Waals surface area contributed by atoms with Crippen molar-refractivity contribution in [3.8, 4) is 0 Å². The molecule has 1 aliphatic rings. The summed E-state index contributed by atoms with van der Waals surface area (Å²) in [5, 5.41) is 8.79. The second-order valence-corrected chi connectivity index (χ2v) is 2.85. The van der Waals surface area contributed by atoms with Crippen LogP contribution in [0.25, 0.3) is 0 Å². The first-order valence-electron chi connectivity index (χ1n) is 4.03. The first-order valence-corrected chi connectivity index (χ1v) is 4.03. The lowest BCUT2D eigenvalue weighted by Gasteiger charge is -2.32. The summed E-state index contributed by atoms with van der Waals surface area (Å²) in [5.41, 5.74) is 0. The van der Waals surface area contributed by atoms with Gasteiger partial charge >= 0.3 is 0 Å². The Hall–Kier alpha value is -0.380. The Balaban J connectivity index is 2.18. The molecule has 11 heavy (non-hydrogen) atoms. The zero-order valence-electron chi connectivity index (χ0n) is 6.87. The van der Waals surface area contributed by atoms with Gasteiger partial charge in [0.1, 0.15) is 0 Å². The van der Waals surface area contributed by atoms with Gasteiger partial charge in [0.25, 0.3) is 0 Å². The van der Waals surface area contributed by atoms with Crippen molar-refractivity contribution in [3.05, 3.63) is 12.7 Å². The Morgan fingerprint density at radius 2 is 1.73 bits per heavy atom. The first kappa shape index (κ1) is 8.71. The van der Waals surface area contributed by atoms with Crippen molar-refractivity contribution in [2.24, 2.45) is 0 Å². The quantitative estimate of drug-likeness (QED) is 0.570. The van der Waals surface area contributed by atoms with Crippen LogP contribution in [-0.4, -0.2) is 54.4 Å². The molecule has 0 aromatic heterocycles. The molecule has 1 N–H and O–H groups in total. The molecule has 1 heterocycles. The number of rotatable bonds is 3. The van der Waals surface area contributed by atoms with E-state index in [0.717, 1.165) is 32.7 Å². The highest BCUT2D eigenvalue weighted by atomic mass is 16.3. The first-order chi connectivity index (χ1) is 5.36. The van der Waals surface area contributed by atoms with E-state index in [-0.39, 0.29) is 6.73 Å². The second kappa shape index (κ2) is 4.49. The van der Waals surface area contributed by atoms with Gasteiger partial charge in [-0.15, -0.1) is 6.58 Å². The molecule has 1 fully saturated rings. The van der Waals surface area contributed by atoms with Gasteiger partial charge < -0.3 is 5.11 Å². The molecule has 0 atom stereocenters. The fraction of sp³-hybridized carbons (Fsp3) is 0.750. The van der Waals surface area contributed by atoms with Crippen molar-refractivity contribution in [1.29, 1.82) is 0 Å². The topological polar surface area (TPSA) is 26.7 Å². The van der Waals surface area contributed by atoms with Crippen molar-refractivity contribution in [2.75, 3.05) is 39.5 Å². The average molecular weight is 156 g/mol. The molecule has 0 amide bonds. The third-order valence-electron chi connectivity index (χ3n) is 2.05. The van der Waals surface area contributed by atoms with Crippen LogP contribution in [0, 0.1) is 0 Å². The SMILES string of the molecule is C=CCN1CCN(CO)CC1. The second-order valence-electron chi connectivity index (χ2n) is 2.85. The van der Waals surface area contributed by atoms with Gasteiger partial charge in [0, 0.05) is 32.7 Å². The summed E-state index contributed by atoms with van der Waals surface area (Å²) in [6.07, 6.45) is 1.93. The molecule has 0 aromatic carbocycles. The average Bonchev–Trinajstić information content (AvgIpc) is 2.07. The van der Waals surface area contributed by atoms with Gasteiger partial charge in [-0.3, -0.25) is 9.80 Å². The van der Waals surface area contributed by atoms with E-state index in [1.54, 1.807) is 0 Å². The molecule has 3 heteroatoms. The van der Waals surface area contributed by atoms with Crippen LogP contribution < -0.4 is 0 Å². The molecule has 0 radical (unpaired) electrons. The van der Waals surface area contributed by atoms with Gasteiger partial charge in [-0.1, -0.05) is 6.08 Å². The fourth-order valence-electron chi connectivity index (χ4n) is 1.30. The van der Waals surface area contributed by atoms with Crippen LogP contribution in [0.15, 0.2) is 12.7 Å². The van der Waals surface area contributed by atoms with Crippen LogP contribution in [-0.2, 0) is 0 Å². The maximum Gasteiger partial charge on any atom is 0.0957 e. The normalized spacial score (nSPS) is 21.9. The van der Waals surface area contributed by atoms with Crippen LogP contribution in [0.3, 0.4) is 0 Å². The van der Waals surface area contributed by atoms with E-state index in [2.05, 4.69) is 11.5 Å².